The van der Waals surface area contributed by atoms with Crippen LogP contribution in [-0.2, 0) is 0 Å². The van der Waals surface area contributed by atoms with Crippen molar-refractivity contribution in [1.82, 2.24) is 4.90 Å². The van der Waals surface area contributed by atoms with Crippen LogP contribution in [0.4, 0.5) is 0 Å². The summed E-state index contributed by atoms with van der Waals surface area (Å²) in [6.07, 6.45) is 2.73. The summed E-state index contributed by atoms with van der Waals surface area (Å²) >= 11 is 0. The topological polar surface area (TPSA) is 3.24 Å². The van der Waals surface area contributed by atoms with Gasteiger partial charge in [0.05, 0.1) is 0 Å². The summed E-state index contributed by atoms with van der Waals surface area (Å²) in [7, 11) is 0. The summed E-state index contributed by atoms with van der Waals surface area (Å²) < 4.78 is 0. The van der Waals surface area contributed by atoms with Gasteiger partial charge >= 0.3 is 0 Å². The van der Waals surface area contributed by atoms with Crippen LogP contribution in [-0.4, -0.2) is 24.5 Å². The Morgan fingerprint density at radius 2 is 2.20 bits per heavy atom. The molecule has 1 heterocycles. The molecule has 0 saturated carbocycles. The summed E-state index contributed by atoms with van der Waals surface area (Å²) in [5, 5.41) is 0. The Morgan fingerprint density at radius 1 is 1.50 bits per heavy atom. The number of hydrogen-bond donors (Lipinski definition) is 0. The van der Waals surface area contributed by atoms with Gasteiger partial charge in [-0.15, -0.1) is 0 Å². The highest BCUT2D eigenvalue weighted by Gasteiger charge is 2.24. The van der Waals surface area contributed by atoms with Crippen molar-refractivity contribution in [2.24, 2.45) is 5.41 Å². The normalized spacial score (nSPS) is 26.7. The SMILES string of the molecule is [CH2]CN1CCCC(C)(C)C1. The lowest BCUT2D eigenvalue weighted by molar-refractivity contribution is 0.129. The molecule has 0 aromatic heterocycles. The Balaban J connectivity index is 2.40. The van der Waals surface area contributed by atoms with Crippen LogP contribution in [0.5, 0.6) is 0 Å². The Bertz CT molecular complexity index is 107. The molecule has 0 unspecified atom stereocenters. The van der Waals surface area contributed by atoms with Gasteiger partial charge in [0.15, 0.2) is 0 Å². The Kier molecular flexibility index (Phi) is 2.35. The lowest BCUT2D eigenvalue weighted by Crippen LogP contribution is -2.39. The van der Waals surface area contributed by atoms with Crippen molar-refractivity contribution in [1.29, 1.82) is 0 Å². The van der Waals surface area contributed by atoms with Crippen molar-refractivity contribution in [2.45, 2.75) is 26.7 Å². The van der Waals surface area contributed by atoms with E-state index in [-0.39, 0.29) is 0 Å². The molecule has 1 fully saturated rings. The highest BCUT2D eigenvalue weighted by atomic mass is 15.1. The Labute approximate surface area is 64.4 Å². The molecule has 10 heavy (non-hydrogen) atoms. The van der Waals surface area contributed by atoms with Crippen LogP contribution in [0.25, 0.3) is 0 Å². The molecule has 0 atom stereocenters. The maximum Gasteiger partial charge on any atom is 0.00327 e. The quantitative estimate of drug-likeness (QED) is 0.538. The molecule has 0 N–H and O–H groups in total. The van der Waals surface area contributed by atoms with Crippen LogP contribution in [0.3, 0.4) is 0 Å². The smallest absolute Gasteiger partial charge is 0.00327 e. The average molecular weight is 140 g/mol. The first-order valence-corrected chi connectivity index (χ1v) is 4.16. The fourth-order valence-electron chi connectivity index (χ4n) is 1.74. The number of likely N-dealkylation sites (tertiary alicyclic amines) is 1. The molecule has 1 aliphatic rings. The number of hydrogen-bond acceptors (Lipinski definition) is 1. The molecule has 59 valence electrons. The lowest BCUT2D eigenvalue weighted by atomic mass is 9.84. The molecule has 1 radical (unpaired) electrons. The van der Waals surface area contributed by atoms with Crippen molar-refractivity contribution >= 4 is 0 Å². The van der Waals surface area contributed by atoms with Crippen molar-refractivity contribution in [3.8, 4) is 0 Å². The van der Waals surface area contributed by atoms with E-state index in [2.05, 4.69) is 25.7 Å². The zero-order valence-electron chi connectivity index (χ0n) is 7.19. The first-order valence-electron chi connectivity index (χ1n) is 4.16. The van der Waals surface area contributed by atoms with Crippen LogP contribution in [0.2, 0.25) is 0 Å². The standard InChI is InChI=1S/C9H18N/c1-4-10-7-5-6-9(2,3)8-10/h1,4-8H2,2-3H3. The van der Waals surface area contributed by atoms with E-state index >= 15 is 0 Å². The molecular weight excluding hydrogens is 122 g/mol. The van der Waals surface area contributed by atoms with E-state index in [4.69, 9.17) is 0 Å². The second kappa shape index (κ2) is 2.91. The van der Waals surface area contributed by atoms with E-state index in [1.807, 2.05) is 0 Å². The van der Waals surface area contributed by atoms with Crippen LogP contribution < -0.4 is 0 Å². The molecular formula is C9H18N. The van der Waals surface area contributed by atoms with Gasteiger partial charge in [-0.05, 0) is 38.3 Å². The second-order valence-corrected chi connectivity index (χ2v) is 4.04. The van der Waals surface area contributed by atoms with Gasteiger partial charge in [-0.3, -0.25) is 0 Å². The summed E-state index contributed by atoms with van der Waals surface area (Å²) in [5.41, 5.74) is 0.538. The molecule has 1 aliphatic heterocycles. The van der Waals surface area contributed by atoms with Gasteiger partial charge in [0.2, 0.25) is 0 Å². The first kappa shape index (κ1) is 8.06. The fraction of sp³-hybridized carbons (Fsp3) is 0.889. The molecule has 1 saturated heterocycles. The first-order chi connectivity index (χ1) is 4.64. The zero-order valence-corrected chi connectivity index (χ0v) is 7.19. The third kappa shape index (κ3) is 1.98. The Hall–Kier alpha value is -0.0400. The van der Waals surface area contributed by atoms with Crippen LogP contribution in [0, 0.1) is 12.3 Å². The summed E-state index contributed by atoms with van der Waals surface area (Å²) in [6.45, 7) is 12.1. The molecule has 1 heteroatoms. The van der Waals surface area contributed by atoms with Crippen LogP contribution in [0.1, 0.15) is 26.7 Å². The van der Waals surface area contributed by atoms with Gasteiger partial charge < -0.3 is 4.90 Å². The maximum absolute atomic E-state index is 3.90. The Morgan fingerprint density at radius 3 is 2.60 bits per heavy atom. The zero-order chi connectivity index (χ0) is 7.61. The van der Waals surface area contributed by atoms with Crippen molar-refractivity contribution in [2.75, 3.05) is 19.6 Å². The fourth-order valence-corrected chi connectivity index (χ4v) is 1.74. The average Bonchev–Trinajstić information content (AvgIpc) is 1.86. The summed E-state index contributed by atoms with van der Waals surface area (Å²) in [4.78, 5) is 2.43. The highest BCUT2D eigenvalue weighted by molar-refractivity contribution is 4.79. The summed E-state index contributed by atoms with van der Waals surface area (Å²) in [6, 6.07) is 0. The van der Waals surface area contributed by atoms with Crippen molar-refractivity contribution < 1.29 is 0 Å². The largest absolute Gasteiger partial charge is 0.303 e. The highest BCUT2D eigenvalue weighted by Crippen LogP contribution is 2.27. The van der Waals surface area contributed by atoms with Gasteiger partial charge in [-0.1, -0.05) is 13.8 Å². The van der Waals surface area contributed by atoms with Crippen molar-refractivity contribution in [3.63, 3.8) is 0 Å². The van der Waals surface area contributed by atoms with Gasteiger partial charge in [-0.25, -0.2) is 0 Å². The minimum Gasteiger partial charge on any atom is -0.303 e. The monoisotopic (exact) mass is 140 g/mol. The van der Waals surface area contributed by atoms with E-state index in [9.17, 15) is 0 Å². The predicted molar refractivity (Wildman–Crippen MR) is 44.8 cm³/mol. The second-order valence-electron chi connectivity index (χ2n) is 4.04. The van der Waals surface area contributed by atoms with E-state index < -0.39 is 0 Å². The molecule has 0 aromatic rings. The van der Waals surface area contributed by atoms with Gasteiger partial charge in [0.25, 0.3) is 0 Å². The number of piperidine rings is 1. The molecule has 1 rings (SSSR count). The third-order valence-corrected chi connectivity index (χ3v) is 2.30. The molecule has 0 amide bonds. The molecule has 1 nitrogen and oxygen atoms in total. The van der Waals surface area contributed by atoms with Crippen molar-refractivity contribution in [3.05, 3.63) is 6.92 Å². The van der Waals surface area contributed by atoms with E-state index in [1.54, 1.807) is 0 Å². The minimum absolute atomic E-state index is 0.538. The number of nitrogens with zero attached hydrogens (tertiary/aromatic N) is 1. The predicted octanol–water partition coefficient (Wildman–Crippen LogP) is 1.94. The van der Waals surface area contributed by atoms with Gasteiger partial charge in [0, 0.05) is 6.54 Å². The molecule has 0 spiro atoms. The molecule has 0 aliphatic carbocycles. The maximum atomic E-state index is 3.90. The van der Waals surface area contributed by atoms with Crippen LogP contribution in [0.15, 0.2) is 0 Å². The lowest BCUT2D eigenvalue weighted by Gasteiger charge is -2.37. The van der Waals surface area contributed by atoms with E-state index in [0.717, 1.165) is 6.54 Å². The molecule has 0 aromatic carbocycles. The molecule has 0 bridgehead atoms. The van der Waals surface area contributed by atoms with Gasteiger partial charge in [-0.2, -0.15) is 0 Å². The van der Waals surface area contributed by atoms with E-state index in [1.165, 1.54) is 25.9 Å². The third-order valence-electron chi connectivity index (χ3n) is 2.30. The van der Waals surface area contributed by atoms with Crippen LogP contribution >= 0.6 is 0 Å². The van der Waals surface area contributed by atoms with E-state index in [0.29, 0.717) is 5.41 Å². The number of rotatable bonds is 1. The summed E-state index contributed by atoms with van der Waals surface area (Å²) in [5.74, 6) is 0. The minimum atomic E-state index is 0.538. The van der Waals surface area contributed by atoms with Gasteiger partial charge in [0.1, 0.15) is 0 Å².